The maximum Gasteiger partial charge on any atom is 0.416 e. The maximum atomic E-state index is 13.2. The van der Waals surface area contributed by atoms with E-state index in [4.69, 9.17) is 0 Å². The Morgan fingerprint density at radius 2 is 1.71 bits per heavy atom. The van der Waals surface area contributed by atoms with Gasteiger partial charge in [-0.3, -0.25) is 9.89 Å². The average molecular weight is 391 g/mol. The predicted molar refractivity (Wildman–Crippen MR) is 97.4 cm³/mol. The molecule has 0 spiro atoms. The Balaban J connectivity index is 1.91. The number of aromatic amines is 1. The summed E-state index contributed by atoms with van der Waals surface area (Å²) in [7, 11) is 0. The number of nitrogens with one attached hydrogen (secondary N) is 2. The predicted octanol–water partition coefficient (Wildman–Crippen LogP) is 5.44. The zero-order valence-electron chi connectivity index (χ0n) is 14.9. The monoisotopic (exact) mass is 391 g/mol. The van der Waals surface area contributed by atoms with Gasteiger partial charge in [0.05, 0.1) is 16.9 Å². The van der Waals surface area contributed by atoms with Crippen LogP contribution in [0.5, 0.6) is 0 Å². The lowest BCUT2D eigenvalue weighted by Crippen LogP contribution is -2.14. The molecule has 0 aliphatic carbocycles. The summed E-state index contributed by atoms with van der Waals surface area (Å²) >= 11 is 0. The Hall–Kier alpha value is -3.16. The molecule has 4 nitrogen and oxygen atoms in total. The molecule has 0 radical (unpaired) electrons. The summed E-state index contributed by atoms with van der Waals surface area (Å²) in [5.74, 6) is -0.959. The van der Waals surface area contributed by atoms with Crippen LogP contribution in [0.25, 0.3) is 11.3 Å². The van der Waals surface area contributed by atoms with E-state index < -0.39 is 23.5 Å². The Labute approximate surface area is 158 Å². The molecule has 0 bridgehead atoms. The van der Waals surface area contributed by atoms with Crippen molar-refractivity contribution in [2.45, 2.75) is 25.9 Å². The number of benzene rings is 2. The highest BCUT2D eigenvalue weighted by Crippen LogP contribution is 2.31. The van der Waals surface area contributed by atoms with Crippen LogP contribution in [0.4, 0.5) is 23.2 Å². The molecule has 0 fully saturated rings. The van der Waals surface area contributed by atoms with Crippen molar-refractivity contribution >= 4 is 11.6 Å². The molecule has 0 saturated carbocycles. The van der Waals surface area contributed by atoms with Crippen LogP contribution in [-0.4, -0.2) is 16.1 Å². The van der Waals surface area contributed by atoms with E-state index in [1.54, 1.807) is 0 Å². The largest absolute Gasteiger partial charge is 0.416 e. The number of rotatable bonds is 5. The van der Waals surface area contributed by atoms with Crippen molar-refractivity contribution in [2.75, 3.05) is 5.32 Å². The van der Waals surface area contributed by atoms with Crippen LogP contribution < -0.4 is 5.32 Å². The van der Waals surface area contributed by atoms with E-state index >= 15 is 0 Å². The topological polar surface area (TPSA) is 57.8 Å². The third kappa shape index (κ3) is 4.21. The molecule has 0 aliphatic rings. The summed E-state index contributed by atoms with van der Waals surface area (Å²) in [5.41, 5.74) is 1.40. The molecule has 1 heterocycles. The van der Waals surface area contributed by atoms with Gasteiger partial charge in [-0.1, -0.05) is 13.3 Å². The zero-order valence-corrected chi connectivity index (χ0v) is 14.9. The fourth-order valence-electron chi connectivity index (χ4n) is 2.76. The molecule has 0 unspecified atom stereocenters. The minimum atomic E-state index is -4.47. The number of H-pyrrole nitrogens is 1. The number of hydrogen-bond acceptors (Lipinski definition) is 2. The minimum Gasteiger partial charge on any atom is -0.319 e. The van der Waals surface area contributed by atoms with Gasteiger partial charge in [0.25, 0.3) is 5.91 Å². The Morgan fingerprint density at radius 1 is 1.07 bits per heavy atom. The first-order valence-electron chi connectivity index (χ1n) is 8.61. The molecular weight excluding hydrogens is 374 g/mol. The number of carbonyl (C=O) groups is 1. The molecule has 2 aromatic carbocycles. The van der Waals surface area contributed by atoms with Crippen molar-refractivity contribution in [1.29, 1.82) is 0 Å². The van der Waals surface area contributed by atoms with Crippen LogP contribution in [0.2, 0.25) is 0 Å². The molecule has 3 rings (SSSR count). The first-order valence-corrected chi connectivity index (χ1v) is 8.61. The fraction of sp³-hybridized carbons (Fsp3) is 0.200. The molecule has 8 heteroatoms. The third-order valence-corrected chi connectivity index (χ3v) is 4.17. The van der Waals surface area contributed by atoms with E-state index in [1.165, 1.54) is 24.3 Å². The molecule has 2 N–H and O–H groups in total. The lowest BCUT2D eigenvalue weighted by Gasteiger charge is -2.10. The van der Waals surface area contributed by atoms with Crippen LogP contribution in [0, 0.1) is 5.82 Å². The number of halogens is 4. The summed E-state index contributed by atoms with van der Waals surface area (Å²) in [5, 5.41) is 9.81. The number of hydrogen-bond donors (Lipinski definition) is 2. The minimum absolute atomic E-state index is 0.0849. The van der Waals surface area contributed by atoms with Crippen LogP contribution >= 0.6 is 0 Å². The first kappa shape index (κ1) is 19.6. The van der Waals surface area contributed by atoms with Crippen LogP contribution in [0.1, 0.15) is 35.0 Å². The molecular formula is C20H17F4N3O. The second-order valence-electron chi connectivity index (χ2n) is 6.21. The standard InChI is InChI=1S/C20H17F4N3O/c1-2-3-16-18(17(27-26-16)12-6-10-15(21)11-7-12)25-19(28)13-4-8-14(9-5-13)20(22,23)24/h4-11H,2-3H2,1H3,(H,25,28)(H,26,27). The Kier molecular flexibility index (Phi) is 5.48. The van der Waals surface area contributed by atoms with Crippen molar-refractivity contribution in [2.24, 2.45) is 0 Å². The number of alkyl halides is 3. The molecule has 28 heavy (non-hydrogen) atoms. The van der Waals surface area contributed by atoms with Gasteiger partial charge < -0.3 is 5.32 Å². The zero-order chi connectivity index (χ0) is 20.3. The Bertz CT molecular complexity index is 961. The van der Waals surface area contributed by atoms with E-state index in [0.717, 1.165) is 30.7 Å². The Morgan fingerprint density at radius 3 is 2.29 bits per heavy atom. The van der Waals surface area contributed by atoms with Crippen LogP contribution in [-0.2, 0) is 12.6 Å². The molecule has 0 saturated heterocycles. The lowest BCUT2D eigenvalue weighted by molar-refractivity contribution is -0.137. The number of aromatic nitrogens is 2. The average Bonchev–Trinajstić information content (AvgIpc) is 3.04. The summed E-state index contributed by atoms with van der Waals surface area (Å²) in [6.45, 7) is 1.96. The van der Waals surface area contributed by atoms with Gasteiger partial charge in [-0.25, -0.2) is 4.39 Å². The van der Waals surface area contributed by atoms with E-state index in [2.05, 4.69) is 15.5 Å². The van der Waals surface area contributed by atoms with Gasteiger partial charge in [-0.15, -0.1) is 0 Å². The number of nitrogens with zero attached hydrogens (tertiary/aromatic N) is 1. The number of aryl methyl sites for hydroxylation is 1. The summed E-state index contributed by atoms with van der Waals surface area (Å²) in [6.07, 6.45) is -3.07. The number of anilines is 1. The van der Waals surface area contributed by atoms with Crippen molar-refractivity contribution in [3.63, 3.8) is 0 Å². The van der Waals surface area contributed by atoms with Crippen LogP contribution in [0.15, 0.2) is 48.5 Å². The highest BCUT2D eigenvalue weighted by Gasteiger charge is 2.30. The van der Waals surface area contributed by atoms with Gasteiger partial charge in [-0.2, -0.15) is 18.3 Å². The fourth-order valence-corrected chi connectivity index (χ4v) is 2.76. The van der Waals surface area contributed by atoms with Gasteiger partial charge in [0.2, 0.25) is 0 Å². The van der Waals surface area contributed by atoms with Crippen molar-refractivity contribution in [3.05, 3.63) is 71.2 Å². The van der Waals surface area contributed by atoms with Gasteiger partial charge in [0, 0.05) is 11.1 Å². The van der Waals surface area contributed by atoms with Gasteiger partial charge in [0.15, 0.2) is 0 Å². The first-order chi connectivity index (χ1) is 13.3. The molecule has 0 aliphatic heterocycles. The quantitative estimate of drug-likeness (QED) is 0.569. The second kappa shape index (κ2) is 7.84. The highest BCUT2D eigenvalue weighted by atomic mass is 19.4. The van der Waals surface area contributed by atoms with Crippen molar-refractivity contribution < 1.29 is 22.4 Å². The second-order valence-corrected chi connectivity index (χ2v) is 6.21. The third-order valence-electron chi connectivity index (χ3n) is 4.17. The van der Waals surface area contributed by atoms with Gasteiger partial charge in [0.1, 0.15) is 11.5 Å². The molecule has 0 atom stereocenters. The molecule has 146 valence electrons. The summed E-state index contributed by atoms with van der Waals surface area (Å²) in [4.78, 5) is 12.6. The smallest absolute Gasteiger partial charge is 0.319 e. The van der Waals surface area contributed by atoms with Crippen LogP contribution in [0.3, 0.4) is 0 Å². The maximum absolute atomic E-state index is 13.2. The van der Waals surface area contributed by atoms with E-state index in [-0.39, 0.29) is 5.56 Å². The van der Waals surface area contributed by atoms with Gasteiger partial charge in [-0.05, 0) is 55.0 Å². The van der Waals surface area contributed by atoms with Crippen molar-refractivity contribution in [3.8, 4) is 11.3 Å². The summed E-state index contributed by atoms with van der Waals surface area (Å²) in [6, 6.07) is 9.60. The van der Waals surface area contributed by atoms with E-state index in [1.807, 2.05) is 6.92 Å². The SMILES string of the molecule is CCCc1[nH]nc(-c2ccc(F)cc2)c1NC(=O)c1ccc(C(F)(F)F)cc1. The lowest BCUT2D eigenvalue weighted by atomic mass is 10.1. The van der Waals surface area contributed by atoms with Gasteiger partial charge >= 0.3 is 6.18 Å². The molecule has 3 aromatic rings. The highest BCUT2D eigenvalue weighted by molar-refractivity contribution is 6.06. The normalized spacial score (nSPS) is 11.5. The summed E-state index contributed by atoms with van der Waals surface area (Å²) < 4.78 is 51.3. The molecule has 1 aromatic heterocycles. The van der Waals surface area contributed by atoms with E-state index in [0.29, 0.717) is 29.1 Å². The van der Waals surface area contributed by atoms with Crippen molar-refractivity contribution in [1.82, 2.24) is 10.2 Å². The van der Waals surface area contributed by atoms with E-state index in [9.17, 15) is 22.4 Å². The number of amides is 1. The number of carbonyl (C=O) groups excluding carboxylic acids is 1. The molecule has 1 amide bonds.